The number of carbonyl (C=O) groups is 2. The smallest absolute Gasteiger partial charge is 0.352 e. The predicted molar refractivity (Wildman–Crippen MR) is 108 cm³/mol. The molecule has 6 nitrogen and oxygen atoms in total. The van der Waals surface area contributed by atoms with Gasteiger partial charge in [-0.3, -0.25) is 4.79 Å². The van der Waals surface area contributed by atoms with Crippen molar-refractivity contribution in [1.82, 2.24) is 14.6 Å². The molecule has 0 aliphatic heterocycles. The van der Waals surface area contributed by atoms with E-state index in [4.69, 9.17) is 4.74 Å². The molecule has 0 bridgehead atoms. The van der Waals surface area contributed by atoms with Crippen molar-refractivity contribution in [2.75, 3.05) is 6.61 Å². The highest BCUT2D eigenvalue weighted by Crippen LogP contribution is 2.30. The minimum Gasteiger partial charge on any atom is -0.453 e. The standard InChI is InChI=1S/C21H17N3O3S/c1-2-15-20(28-24-23-15)21(26)27-12-17(25)18-14-10-6-7-11-16(14)22-19(18)13-8-4-3-5-9-13/h3-11,22H,2,12H2,1H3. The maximum Gasteiger partial charge on any atom is 0.352 e. The lowest BCUT2D eigenvalue weighted by Crippen LogP contribution is -2.15. The summed E-state index contributed by atoms with van der Waals surface area (Å²) in [6.45, 7) is 1.54. The van der Waals surface area contributed by atoms with Crippen LogP contribution in [0.1, 0.15) is 32.6 Å². The van der Waals surface area contributed by atoms with E-state index in [9.17, 15) is 9.59 Å². The van der Waals surface area contributed by atoms with Crippen LogP contribution in [0.15, 0.2) is 54.6 Å². The lowest BCUT2D eigenvalue weighted by molar-refractivity contribution is 0.0479. The summed E-state index contributed by atoms with van der Waals surface area (Å²) in [5.41, 5.74) is 3.58. The van der Waals surface area contributed by atoms with Crippen LogP contribution in [0.3, 0.4) is 0 Å². The van der Waals surface area contributed by atoms with Gasteiger partial charge in [0.2, 0.25) is 5.78 Å². The number of para-hydroxylation sites is 1. The van der Waals surface area contributed by atoms with E-state index >= 15 is 0 Å². The number of esters is 1. The van der Waals surface area contributed by atoms with Crippen LogP contribution in [0.2, 0.25) is 0 Å². The number of hydrogen-bond acceptors (Lipinski definition) is 6. The first-order valence-corrected chi connectivity index (χ1v) is 9.64. The van der Waals surface area contributed by atoms with Crippen molar-refractivity contribution in [3.8, 4) is 11.3 Å². The molecule has 7 heteroatoms. The fourth-order valence-electron chi connectivity index (χ4n) is 3.12. The Morgan fingerprint density at radius 2 is 1.82 bits per heavy atom. The van der Waals surface area contributed by atoms with Gasteiger partial charge in [-0.1, -0.05) is 59.9 Å². The second-order valence-corrected chi connectivity index (χ2v) is 6.94. The molecule has 0 amide bonds. The fourth-order valence-corrected chi connectivity index (χ4v) is 3.76. The number of aromatic nitrogens is 3. The van der Waals surface area contributed by atoms with Crippen LogP contribution >= 0.6 is 11.5 Å². The molecule has 0 spiro atoms. The number of aromatic amines is 1. The first-order chi connectivity index (χ1) is 13.7. The summed E-state index contributed by atoms with van der Waals surface area (Å²) in [6.07, 6.45) is 0.579. The van der Waals surface area contributed by atoms with Crippen LogP contribution in [0.25, 0.3) is 22.2 Å². The molecule has 28 heavy (non-hydrogen) atoms. The van der Waals surface area contributed by atoms with Gasteiger partial charge >= 0.3 is 5.97 Å². The summed E-state index contributed by atoms with van der Waals surface area (Å²) in [4.78, 5) is 29.0. The molecule has 1 N–H and O–H groups in total. The van der Waals surface area contributed by atoms with Crippen LogP contribution in [-0.4, -0.2) is 32.9 Å². The summed E-state index contributed by atoms with van der Waals surface area (Å²) in [5, 5.41) is 4.71. The number of ketones is 1. The molecule has 140 valence electrons. The van der Waals surface area contributed by atoms with Crippen LogP contribution < -0.4 is 0 Å². The van der Waals surface area contributed by atoms with Gasteiger partial charge in [-0.15, -0.1) is 5.10 Å². The van der Waals surface area contributed by atoms with Crippen molar-refractivity contribution in [1.29, 1.82) is 0 Å². The van der Waals surface area contributed by atoms with Crippen molar-refractivity contribution >= 4 is 34.2 Å². The predicted octanol–water partition coefficient (Wildman–Crippen LogP) is 4.29. The van der Waals surface area contributed by atoms with E-state index in [1.54, 1.807) is 0 Å². The van der Waals surface area contributed by atoms with Crippen LogP contribution in [-0.2, 0) is 11.2 Å². The van der Waals surface area contributed by atoms with Gasteiger partial charge in [0.1, 0.15) is 0 Å². The van der Waals surface area contributed by atoms with Crippen molar-refractivity contribution in [3.05, 3.63) is 70.7 Å². The Morgan fingerprint density at radius 1 is 1.07 bits per heavy atom. The second-order valence-electron chi connectivity index (χ2n) is 6.19. The number of rotatable bonds is 6. The summed E-state index contributed by atoms with van der Waals surface area (Å²) in [5.74, 6) is -0.832. The Labute approximate surface area is 165 Å². The number of nitrogens with zero attached hydrogens (tertiary/aromatic N) is 2. The van der Waals surface area contributed by atoms with E-state index in [1.807, 2.05) is 61.5 Å². The first-order valence-electron chi connectivity index (χ1n) is 8.86. The quantitative estimate of drug-likeness (QED) is 0.391. The van der Waals surface area contributed by atoms with Gasteiger partial charge < -0.3 is 9.72 Å². The van der Waals surface area contributed by atoms with E-state index in [0.29, 0.717) is 22.6 Å². The molecule has 0 aliphatic rings. The van der Waals surface area contributed by atoms with E-state index < -0.39 is 5.97 Å². The van der Waals surface area contributed by atoms with Crippen LogP contribution in [0.4, 0.5) is 0 Å². The molecule has 0 fully saturated rings. The molecule has 0 unspecified atom stereocenters. The zero-order valence-corrected chi connectivity index (χ0v) is 16.0. The SMILES string of the molecule is CCc1nnsc1C(=O)OCC(=O)c1c(-c2ccccc2)[nH]c2ccccc12. The largest absolute Gasteiger partial charge is 0.453 e. The average molecular weight is 391 g/mol. The molecule has 0 saturated heterocycles. The van der Waals surface area contributed by atoms with Gasteiger partial charge in [0.05, 0.1) is 17.0 Å². The normalized spacial score (nSPS) is 10.9. The highest BCUT2D eigenvalue weighted by atomic mass is 32.1. The van der Waals surface area contributed by atoms with E-state index in [-0.39, 0.29) is 12.4 Å². The summed E-state index contributed by atoms with van der Waals surface area (Å²) < 4.78 is 9.07. The molecule has 0 atom stereocenters. The maximum atomic E-state index is 13.0. The van der Waals surface area contributed by atoms with Gasteiger partial charge in [-0.2, -0.15) is 0 Å². The number of nitrogens with one attached hydrogen (secondary N) is 1. The van der Waals surface area contributed by atoms with E-state index in [1.165, 1.54) is 0 Å². The Bertz CT molecular complexity index is 1150. The zero-order valence-electron chi connectivity index (χ0n) is 15.1. The minimum atomic E-state index is -0.568. The lowest BCUT2D eigenvalue weighted by atomic mass is 10.0. The number of carbonyl (C=O) groups excluding carboxylic acids is 2. The van der Waals surface area contributed by atoms with Gasteiger partial charge in [-0.05, 0) is 29.6 Å². The average Bonchev–Trinajstić information content (AvgIpc) is 3.37. The maximum absolute atomic E-state index is 13.0. The fraction of sp³-hybridized carbons (Fsp3) is 0.143. The Balaban J connectivity index is 1.65. The summed E-state index contributed by atoms with van der Waals surface area (Å²) in [7, 11) is 0. The molecule has 0 saturated carbocycles. The molecular weight excluding hydrogens is 374 g/mol. The molecule has 4 aromatic rings. The molecule has 0 aliphatic carbocycles. The molecule has 4 rings (SSSR count). The highest BCUT2D eigenvalue weighted by molar-refractivity contribution is 7.07. The van der Waals surface area contributed by atoms with Crippen molar-refractivity contribution in [3.63, 3.8) is 0 Å². The third-order valence-corrected chi connectivity index (χ3v) is 5.21. The number of fused-ring (bicyclic) bond motifs is 1. The number of benzene rings is 2. The third-order valence-electron chi connectivity index (χ3n) is 4.46. The van der Waals surface area contributed by atoms with Gasteiger partial charge in [0.25, 0.3) is 0 Å². The van der Waals surface area contributed by atoms with Crippen LogP contribution in [0, 0.1) is 0 Å². The Hall–Kier alpha value is -3.32. The number of ether oxygens (including phenoxy) is 1. The summed E-state index contributed by atoms with van der Waals surface area (Å²) >= 11 is 0.981. The third kappa shape index (κ3) is 3.32. The lowest BCUT2D eigenvalue weighted by Gasteiger charge is -2.06. The number of H-pyrrole nitrogens is 1. The minimum absolute atomic E-state index is 0.264. The first kappa shape index (κ1) is 18.1. The van der Waals surface area contributed by atoms with E-state index in [2.05, 4.69) is 14.6 Å². The van der Waals surface area contributed by atoms with Crippen molar-refractivity contribution < 1.29 is 14.3 Å². The Kier molecular flexibility index (Phi) is 4.99. The van der Waals surface area contributed by atoms with Gasteiger partial charge in [0.15, 0.2) is 11.5 Å². The number of Topliss-reactive ketones (excluding diaryl/α,β-unsaturated/α-hetero) is 1. The highest BCUT2D eigenvalue weighted by Gasteiger charge is 2.22. The van der Waals surface area contributed by atoms with Gasteiger partial charge in [-0.25, -0.2) is 4.79 Å². The molecule has 2 aromatic heterocycles. The molecule has 0 radical (unpaired) electrons. The van der Waals surface area contributed by atoms with Crippen molar-refractivity contribution in [2.24, 2.45) is 0 Å². The molecule has 2 heterocycles. The monoisotopic (exact) mass is 391 g/mol. The van der Waals surface area contributed by atoms with Crippen molar-refractivity contribution in [2.45, 2.75) is 13.3 Å². The van der Waals surface area contributed by atoms with Crippen LogP contribution in [0.5, 0.6) is 0 Å². The number of aryl methyl sites for hydroxylation is 1. The molecular formula is C21H17N3O3S. The zero-order chi connectivity index (χ0) is 19.5. The number of hydrogen-bond donors (Lipinski definition) is 1. The van der Waals surface area contributed by atoms with E-state index in [0.717, 1.165) is 33.7 Å². The molecule has 2 aromatic carbocycles. The van der Waals surface area contributed by atoms with Gasteiger partial charge in [0, 0.05) is 10.9 Å². The summed E-state index contributed by atoms with van der Waals surface area (Å²) in [6, 6.07) is 17.2. The topological polar surface area (TPSA) is 84.9 Å². The Morgan fingerprint density at radius 3 is 2.61 bits per heavy atom. The second kappa shape index (κ2) is 7.74.